The fraction of sp³-hybridized carbons (Fsp3) is 0.440. The number of carbonyl (C=O) groups is 1. The Kier molecular flexibility index (Phi) is 6.00. The van der Waals surface area contributed by atoms with Crippen molar-refractivity contribution in [3.8, 4) is 5.69 Å². The number of hydrogen-bond acceptors (Lipinski definition) is 4. The number of nitrogens with one attached hydrogen (secondary N) is 2. The van der Waals surface area contributed by atoms with Crippen LogP contribution >= 0.6 is 0 Å². The standard InChI is InChI=1S/C25H32N6O/c1-16-21(17(2)31(30-16)19-9-7-6-8-10-19)15-26-29-24(32)23-20-13-18(14-25(3,4)5)11-12-22(20)27-28-23/h6-10,15,18H,11-14H2,1-5H3,(H,27,28)(H,29,32)/b26-15+. The highest BCUT2D eigenvalue weighted by atomic mass is 16.2. The highest BCUT2D eigenvalue weighted by molar-refractivity contribution is 5.95. The van der Waals surface area contributed by atoms with Gasteiger partial charge in [0, 0.05) is 16.8 Å². The van der Waals surface area contributed by atoms with Gasteiger partial charge in [0.15, 0.2) is 5.69 Å². The predicted octanol–water partition coefficient (Wildman–Crippen LogP) is 4.52. The highest BCUT2D eigenvalue weighted by Gasteiger charge is 2.29. The van der Waals surface area contributed by atoms with E-state index in [-0.39, 0.29) is 11.3 Å². The zero-order valence-corrected chi connectivity index (χ0v) is 19.6. The van der Waals surface area contributed by atoms with E-state index in [9.17, 15) is 4.79 Å². The third-order valence-corrected chi connectivity index (χ3v) is 6.07. The maximum atomic E-state index is 12.8. The Bertz CT molecular complexity index is 1130. The van der Waals surface area contributed by atoms with Crippen LogP contribution in [0.15, 0.2) is 35.4 Å². The number of amides is 1. The van der Waals surface area contributed by atoms with Crippen molar-refractivity contribution in [2.75, 3.05) is 0 Å². The van der Waals surface area contributed by atoms with E-state index in [0.29, 0.717) is 11.6 Å². The fourth-order valence-corrected chi connectivity index (χ4v) is 4.67. The van der Waals surface area contributed by atoms with Crippen molar-refractivity contribution in [2.24, 2.45) is 16.4 Å². The number of carbonyl (C=O) groups excluding carboxylic acids is 1. The minimum absolute atomic E-state index is 0.276. The van der Waals surface area contributed by atoms with E-state index in [2.05, 4.69) is 46.6 Å². The molecule has 0 bridgehead atoms. The van der Waals surface area contributed by atoms with Crippen molar-refractivity contribution in [1.29, 1.82) is 0 Å². The Morgan fingerprint density at radius 1 is 1.28 bits per heavy atom. The number of aromatic amines is 1. The smallest absolute Gasteiger partial charge is 0.281 e. The minimum Gasteiger partial charge on any atom is -0.281 e. The van der Waals surface area contributed by atoms with E-state index in [1.165, 1.54) is 0 Å². The molecule has 0 fully saturated rings. The lowest BCUT2D eigenvalue weighted by Crippen LogP contribution is -2.24. The van der Waals surface area contributed by atoms with Crippen LogP contribution in [0.5, 0.6) is 0 Å². The summed E-state index contributed by atoms with van der Waals surface area (Å²) < 4.78 is 1.89. The quantitative estimate of drug-likeness (QED) is 0.459. The van der Waals surface area contributed by atoms with Gasteiger partial charge in [-0.2, -0.15) is 15.3 Å². The summed E-state index contributed by atoms with van der Waals surface area (Å²) in [5, 5.41) is 16.2. The molecule has 7 heteroatoms. The highest BCUT2D eigenvalue weighted by Crippen LogP contribution is 2.34. The second-order valence-electron chi connectivity index (χ2n) is 9.93. The fourth-order valence-electron chi connectivity index (χ4n) is 4.67. The molecule has 1 aromatic carbocycles. The van der Waals surface area contributed by atoms with Crippen LogP contribution in [0, 0.1) is 25.2 Å². The number of aromatic nitrogens is 4. The molecular weight excluding hydrogens is 400 g/mol. The van der Waals surface area contributed by atoms with Crippen molar-refractivity contribution >= 4 is 12.1 Å². The second kappa shape index (κ2) is 8.73. The van der Waals surface area contributed by atoms with Crippen LogP contribution in [0.1, 0.15) is 72.3 Å². The van der Waals surface area contributed by atoms with Gasteiger partial charge in [-0.1, -0.05) is 39.0 Å². The molecule has 2 heterocycles. The van der Waals surface area contributed by atoms with Gasteiger partial charge in [-0.3, -0.25) is 9.89 Å². The molecule has 168 valence electrons. The van der Waals surface area contributed by atoms with Crippen molar-refractivity contribution in [3.05, 3.63) is 64.2 Å². The Morgan fingerprint density at radius 2 is 2.03 bits per heavy atom. The molecule has 0 aliphatic heterocycles. The van der Waals surface area contributed by atoms with Gasteiger partial charge in [0.25, 0.3) is 5.91 Å². The Morgan fingerprint density at radius 3 is 2.75 bits per heavy atom. The van der Waals surface area contributed by atoms with Crippen LogP contribution in [-0.4, -0.2) is 32.1 Å². The van der Waals surface area contributed by atoms with Gasteiger partial charge in [-0.15, -0.1) is 0 Å². The molecule has 32 heavy (non-hydrogen) atoms. The monoisotopic (exact) mass is 432 g/mol. The summed E-state index contributed by atoms with van der Waals surface area (Å²) in [6.07, 6.45) is 5.77. The van der Waals surface area contributed by atoms with E-state index in [1.807, 2.05) is 48.9 Å². The average molecular weight is 433 g/mol. The van der Waals surface area contributed by atoms with Crippen molar-refractivity contribution in [3.63, 3.8) is 0 Å². The first kappa shape index (κ1) is 22.0. The molecule has 0 radical (unpaired) electrons. The van der Waals surface area contributed by atoms with Crippen LogP contribution in [0.4, 0.5) is 0 Å². The number of para-hydroxylation sites is 1. The summed E-state index contributed by atoms with van der Waals surface area (Å²) in [4.78, 5) is 12.8. The summed E-state index contributed by atoms with van der Waals surface area (Å²) in [6, 6.07) is 9.96. The summed E-state index contributed by atoms with van der Waals surface area (Å²) >= 11 is 0. The van der Waals surface area contributed by atoms with Gasteiger partial charge in [-0.25, -0.2) is 10.1 Å². The third kappa shape index (κ3) is 4.66. The molecular formula is C25H32N6O. The lowest BCUT2D eigenvalue weighted by molar-refractivity contribution is 0.0948. The Labute approximate surface area is 189 Å². The first-order valence-electron chi connectivity index (χ1n) is 11.2. The molecule has 4 rings (SSSR count). The van der Waals surface area contributed by atoms with Crippen LogP contribution in [-0.2, 0) is 12.8 Å². The van der Waals surface area contributed by atoms with E-state index in [0.717, 1.165) is 59.6 Å². The molecule has 7 nitrogen and oxygen atoms in total. The van der Waals surface area contributed by atoms with Crippen LogP contribution in [0.3, 0.4) is 0 Å². The molecule has 0 spiro atoms. The lowest BCUT2D eigenvalue weighted by Gasteiger charge is -2.28. The molecule has 1 atom stereocenters. The van der Waals surface area contributed by atoms with E-state index < -0.39 is 0 Å². The van der Waals surface area contributed by atoms with Gasteiger partial charge >= 0.3 is 0 Å². The molecule has 2 aromatic heterocycles. The summed E-state index contributed by atoms with van der Waals surface area (Å²) in [5.41, 5.74) is 9.23. The predicted molar refractivity (Wildman–Crippen MR) is 126 cm³/mol. The van der Waals surface area contributed by atoms with Crippen LogP contribution < -0.4 is 5.43 Å². The number of benzene rings is 1. The van der Waals surface area contributed by atoms with Gasteiger partial charge in [0.2, 0.25) is 0 Å². The molecule has 3 aromatic rings. The number of nitrogens with zero attached hydrogens (tertiary/aromatic N) is 4. The van der Waals surface area contributed by atoms with Crippen molar-refractivity contribution in [1.82, 2.24) is 25.4 Å². The second-order valence-corrected chi connectivity index (χ2v) is 9.93. The van der Waals surface area contributed by atoms with E-state index >= 15 is 0 Å². The molecule has 1 aliphatic carbocycles. The first-order chi connectivity index (χ1) is 15.2. The summed E-state index contributed by atoms with van der Waals surface area (Å²) in [6.45, 7) is 10.7. The number of hydrazone groups is 1. The van der Waals surface area contributed by atoms with E-state index in [1.54, 1.807) is 6.21 Å². The maximum Gasteiger partial charge on any atom is 0.292 e. The SMILES string of the molecule is Cc1nn(-c2ccccc2)c(C)c1/C=N/NC(=O)c1n[nH]c2c1CC(CC(C)(C)C)CC2. The zero-order valence-electron chi connectivity index (χ0n) is 19.6. The van der Waals surface area contributed by atoms with Crippen LogP contribution in [0.2, 0.25) is 0 Å². The number of hydrogen-bond donors (Lipinski definition) is 2. The number of aryl methyl sites for hydroxylation is 2. The molecule has 1 amide bonds. The lowest BCUT2D eigenvalue weighted by atomic mass is 9.76. The summed E-state index contributed by atoms with van der Waals surface area (Å²) in [5.74, 6) is 0.296. The Balaban J connectivity index is 1.47. The van der Waals surface area contributed by atoms with Crippen molar-refractivity contribution in [2.45, 2.75) is 60.3 Å². The molecule has 1 unspecified atom stereocenters. The molecule has 0 saturated carbocycles. The molecule has 0 saturated heterocycles. The minimum atomic E-state index is -0.277. The third-order valence-electron chi connectivity index (χ3n) is 6.07. The van der Waals surface area contributed by atoms with E-state index in [4.69, 9.17) is 0 Å². The zero-order chi connectivity index (χ0) is 22.9. The summed E-state index contributed by atoms with van der Waals surface area (Å²) in [7, 11) is 0. The average Bonchev–Trinajstić information content (AvgIpc) is 3.28. The number of rotatable bonds is 5. The molecule has 1 aliphatic rings. The van der Waals surface area contributed by atoms with Gasteiger partial charge in [-0.05, 0) is 63.0 Å². The Hall–Kier alpha value is -3.22. The van der Waals surface area contributed by atoms with Gasteiger partial charge < -0.3 is 0 Å². The largest absolute Gasteiger partial charge is 0.292 e. The number of H-pyrrole nitrogens is 1. The van der Waals surface area contributed by atoms with Crippen molar-refractivity contribution < 1.29 is 4.79 Å². The van der Waals surface area contributed by atoms with Crippen LogP contribution in [0.25, 0.3) is 5.69 Å². The normalized spacial score (nSPS) is 16.3. The first-order valence-corrected chi connectivity index (χ1v) is 11.2. The molecule has 2 N–H and O–H groups in total. The topological polar surface area (TPSA) is 88.0 Å². The maximum absolute atomic E-state index is 12.8. The van der Waals surface area contributed by atoms with Gasteiger partial charge in [0.05, 0.1) is 23.3 Å². The van der Waals surface area contributed by atoms with Gasteiger partial charge in [0.1, 0.15) is 0 Å². The number of fused-ring (bicyclic) bond motifs is 1.